The van der Waals surface area contributed by atoms with E-state index in [4.69, 9.17) is 4.74 Å². The second-order valence-electron chi connectivity index (χ2n) is 6.79. The van der Waals surface area contributed by atoms with Crippen molar-refractivity contribution in [2.24, 2.45) is 5.92 Å². The van der Waals surface area contributed by atoms with Gasteiger partial charge in [-0.25, -0.2) is 0 Å². The SMILES string of the molecule is CCC(Oc1ccccc1)C(=O)N1CCC(Cc2ccccc2)CC1. The molecule has 1 fully saturated rings. The van der Waals surface area contributed by atoms with Crippen LogP contribution in [0.3, 0.4) is 0 Å². The Labute approximate surface area is 150 Å². The standard InChI is InChI=1S/C22H27NO2/c1-2-21(25-20-11-7-4-8-12-20)22(24)23-15-13-19(14-16-23)17-18-9-5-3-6-10-18/h3-12,19,21H,2,13-17H2,1H3. The lowest BCUT2D eigenvalue weighted by Gasteiger charge is -2.34. The highest BCUT2D eigenvalue weighted by atomic mass is 16.5. The Hall–Kier alpha value is -2.29. The summed E-state index contributed by atoms with van der Waals surface area (Å²) in [5, 5.41) is 0. The van der Waals surface area contributed by atoms with E-state index in [1.54, 1.807) is 0 Å². The Morgan fingerprint density at radius 2 is 1.64 bits per heavy atom. The summed E-state index contributed by atoms with van der Waals surface area (Å²) in [6.07, 6.45) is 3.57. The van der Waals surface area contributed by atoms with Gasteiger partial charge >= 0.3 is 0 Å². The second-order valence-corrected chi connectivity index (χ2v) is 6.79. The molecule has 0 aromatic heterocycles. The van der Waals surface area contributed by atoms with E-state index in [0.717, 1.165) is 38.1 Å². The molecule has 1 heterocycles. The average molecular weight is 337 g/mol. The molecule has 1 aliphatic heterocycles. The number of likely N-dealkylation sites (tertiary alicyclic amines) is 1. The van der Waals surface area contributed by atoms with Crippen molar-refractivity contribution in [2.75, 3.05) is 13.1 Å². The molecule has 1 unspecified atom stereocenters. The second kappa shape index (κ2) is 8.70. The normalized spacial score (nSPS) is 16.4. The highest BCUT2D eigenvalue weighted by Crippen LogP contribution is 2.23. The molecule has 132 valence electrons. The minimum Gasteiger partial charge on any atom is -0.481 e. The van der Waals surface area contributed by atoms with E-state index in [1.165, 1.54) is 5.56 Å². The van der Waals surface area contributed by atoms with Crippen molar-refractivity contribution in [2.45, 2.75) is 38.7 Å². The zero-order valence-corrected chi connectivity index (χ0v) is 14.9. The van der Waals surface area contributed by atoms with Crippen LogP contribution in [-0.2, 0) is 11.2 Å². The average Bonchev–Trinajstić information content (AvgIpc) is 2.68. The molecule has 0 radical (unpaired) electrons. The molecule has 3 nitrogen and oxygen atoms in total. The van der Waals surface area contributed by atoms with Crippen LogP contribution in [0.1, 0.15) is 31.7 Å². The number of piperidine rings is 1. The van der Waals surface area contributed by atoms with E-state index in [2.05, 4.69) is 30.3 Å². The molecular weight excluding hydrogens is 310 g/mol. The largest absolute Gasteiger partial charge is 0.481 e. The molecule has 1 saturated heterocycles. The Kier molecular flexibility index (Phi) is 6.10. The van der Waals surface area contributed by atoms with Crippen LogP contribution in [0.25, 0.3) is 0 Å². The lowest BCUT2D eigenvalue weighted by Crippen LogP contribution is -2.45. The molecule has 1 atom stereocenters. The van der Waals surface area contributed by atoms with E-state index in [-0.39, 0.29) is 12.0 Å². The van der Waals surface area contributed by atoms with E-state index in [1.807, 2.05) is 42.2 Å². The van der Waals surface area contributed by atoms with Crippen molar-refractivity contribution in [1.82, 2.24) is 4.90 Å². The number of nitrogens with zero attached hydrogens (tertiary/aromatic N) is 1. The van der Waals surface area contributed by atoms with Crippen LogP contribution in [0.5, 0.6) is 5.75 Å². The van der Waals surface area contributed by atoms with Crippen molar-refractivity contribution >= 4 is 5.91 Å². The van der Waals surface area contributed by atoms with Crippen molar-refractivity contribution in [3.05, 3.63) is 66.2 Å². The first-order chi connectivity index (χ1) is 12.3. The van der Waals surface area contributed by atoms with Crippen LogP contribution >= 0.6 is 0 Å². The lowest BCUT2D eigenvalue weighted by atomic mass is 9.90. The molecule has 0 saturated carbocycles. The smallest absolute Gasteiger partial charge is 0.263 e. The molecule has 2 aromatic rings. The van der Waals surface area contributed by atoms with Gasteiger partial charge in [0.25, 0.3) is 5.91 Å². The highest BCUT2D eigenvalue weighted by Gasteiger charge is 2.28. The number of para-hydroxylation sites is 1. The predicted octanol–water partition coefficient (Wildman–Crippen LogP) is 4.33. The first kappa shape index (κ1) is 17.5. The summed E-state index contributed by atoms with van der Waals surface area (Å²) in [6, 6.07) is 20.3. The van der Waals surface area contributed by atoms with Gasteiger partial charge in [-0.2, -0.15) is 0 Å². The van der Waals surface area contributed by atoms with Gasteiger partial charge in [0.1, 0.15) is 5.75 Å². The number of amides is 1. The summed E-state index contributed by atoms with van der Waals surface area (Å²) in [7, 11) is 0. The molecule has 0 spiro atoms. The van der Waals surface area contributed by atoms with Gasteiger partial charge < -0.3 is 9.64 Å². The quantitative estimate of drug-likeness (QED) is 0.785. The Bertz CT molecular complexity index is 648. The maximum atomic E-state index is 12.8. The zero-order chi connectivity index (χ0) is 17.5. The third-order valence-electron chi connectivity index (χ3n) is 4.96. The number of rotatable bonds is 6. The molecule has 25 heavy (non-hydrogen) atoms. The van der Waals surface area contributed by atoms with Crippen molar-refractivity contribution in [3.8, 4) is 5.75 Å². The molecule has 0 aliphatic carbocycles. The summed E-state index contributed by atoms with van der Waals surface area (Å²) in [5.74, 6) is 1.56. The third-order valence-corrected chi connectivity index (χ3v) is 4.96. The van der Waals surface area contributed by atoms with E-state index in [9.17, 15) is 4.79 Å². The summed E-state index contributed by atoms with van der Waals surface area (Å²) < 4.78 is 5.91. The van der Waals surface area contributed by atoms with Gasteiger partial charge in [0.15, 0.2) is 6.10 Å². The van der Waals surface area contributed by atoms with Crippen LogP contribution < -0.4 is 4.74 Å². The van der Waals surface area contributed by atoms with Crippen molar-refractivity contribution in [3.63, 3.8) is 0 Å². The minimum absolute atomic E-state index is 0.129. The van der Waals surface area contributed by atoms with Crippen LogP contribution in [-0.4, -0.2) is 30.0 Å². The maximum Gasteiger partial charge on any atom is 0.263 e. The number of benzene rings is 2. The van der Waals surface area contributed by atoms with Gasteiger partial charge in [-0.3, -0.25) is 4.79 Å². The first-order valence-electron chi connectivity index (χ1n) is 9.30. The van der Waals surface area contributed by atoms with Crippen molar-refractivity contribution in [1.29, 1.82) is 0 Å². The first-order valence-corrected chi connectivity index (χ1v) is 9.30. The fraction of sp³-hybridized carbons (Fsp3) is 0.409. The Morgan fingerprint density at radius 3 is 2.24 bits per heavy atom. The maximum absolute atomic E-state index is 12.8. The third kappa shape index (κ3) is 4.85. The molecule has 3 heteroatoms. The van der Waals surface area contributed by atoms with E-state index < -0.39 is 0 Å². The van der Waals surface area contributed by atoms with Gasteiger partial charge in [-0.05, 0) is 49.3 Å². The predicted molar refractivity (Wildman–Crippen MR) is 101 cm³/mol. The molecular formula is C22H27NO2. The monoisotopic (exact) mass is 337 g/mol. The lowest BCUT2D eigenvalue weighted by molar-refractivity contribution is -0.140. The minimum atomic E-state index is -0.381. The highest BCUT2D eigenvalue weighted by molar-refractivity contribution is 5.81. The fourth-order valence-corrected chi connectivity index (χ4v) is 3.48. The molecule has 1 aliphatic rings. The van der Waals surface area contributed by atoms with Crippen LogP contribution in [0.15, 0.2) is 60.7 Å². The van der Waals surface area contributed by atoms with Gasteiger partial charge in [-0.15, -0.1) is 0 Å². The molecule has 1 amide bonds. The van der Waals surface area contributed by atoms with Crippen LogP contribution in [0, 0.1) is 5.92 Å². The summed E-state index contributed by atoms with van der Waals surface area (Å²) in [5.41, 5.74) is 1.39. The number of hydrogen-bond donors (Lipinski definition) is 0. The van der Waals surface area contributed by atoms with Crippen LogP contribution in [0.2, 0.25) is 0 Å². The summed E-state index contributed by atoms with van der Waals surface area (Å²) in [6.45, 7) is 3.68. The van der Waals surface area contributed by atoms with E-state index in [0.29, 0.717) is 12.3 Å². The Balaban J connectivity index is 1.51. The fourth-order valence-electron chi connectivity index (χ4n) is 3.48. The van der Waals surface area contributed by atoms with Crippen LogP contribution in [0.4, 0.5) is 0 Å². The molecule has 2 aromatic carbocycles. The van der Waals surface area contributed by atoms with E-state index >= 15 is 0 Å². The van der Waals surface area contributed by atoms with Crippen molar-refractivity contribution < 1.29 is 9.53 Å². The van der Waals surface area contributed by atoms with Gasteiger partial charge in [0.2, 0.25) is 0 Å². The van der Waals surface area contributed by atoms with Gasteiger partial charge in [-0.1, -0.05) is 55.5 Å². The molecule has 3 rings (SSSR count). The Morgan fingerprint density at radius 1 is 1.04 bits per heavy atom. The summed E-state index contributed by atoms with van der Waals surface area (Å²) in [4.78, 5) is 14.8. The van der Waals surface area contributed by atoms with Gasteiger partial charge in [0, 0.05) is 13.1 Å². The zero-order valence-electron chi connectivity index (χ0n) is 14.9. The molecule has 0 N–H and O–H groups in total. The number of hydrogen-bond acceptors (Lipinski definition) is 2. The molecule has 0 bridgehead atoms. The van der Waals surface area contributed by atoms with Gasteiger partial charge in [0.05, 0.1) is 0 Å². The number of carbonyl (C=O) groups excluding carboxylic acids is 1. The topological polar surface area (TPSA) is 29.5 Å². The number of ether oxygens (including phenoxy) is 1. The number of carbonyl (C=O) groups is 1. The summed E-state index contributed by atoms with van der Waals surface area (Å²) >= 11 is 0.